The molecular weight excluding hydrogens is 206 g/mol. The van der Waals surface area contributed by atoms with Gasteiger partial charge in [0.25, 0.3) is 0 Å². The zero-order valence-corrected chi connectivity index (χ0v) is 10.6. The first kappa shape index (κ1) is 12.4. The minimum atomic E-state index is 0.778. The van der Waals surface area contributed by atoms with E-state index in [9.17, 15) is 0 Å². The van der Waals surface area contributed by atoms with Crippen molar-refractivity contribution < 1.29 is 0 Å². The first-order chi connectivity index (χ1) is 7.09. The summed E-state index contributed by atoms with van der Waals surface area (Å²) in [6.07, 6.45) is 2.46. The SMILES string of the molecule is Cc1ccc(Cl)c(NCCCC(C)C)c1. The predicted octanol–water partition coefficient (Wildman–Crippen LogP) is 4.50. The summed E-state index contributed by atoms with van der Waals surface area (Å²) < 4.78 is 0. The Balaban J connectivity index is 2.40. The average Bonchev–Trinajstić information content (AvgIpc) is 2.17. The van der Waals surface area contributed by atoms with E-state index in [1.165, 1.54) is 18.4 Å². The maximum atomic E-state index is 6.08. The van der Waals surface area contributed by atoms with Crippen LogP contribution in [-0.4, -0.2) is 6.54 Å². The van der Waals surface area contributed by atoms with Gasteiger partial charge < -0.3 is 5.32 Å². The van der Waals surface area contributed by atoms with Crippen molar-refractivity contribution in [2.24, 2.45) is 5.92 Å². The monoisotopic (exact) mass is 225 g/mol. The molecule has 0 aliphatic heterocycles. The molecular formula is C13H20ClN. The standard InChI is InChI=1S/C13H20ClN/c1-10(2)5-4-8-15-13-9-11(3)6-7-12(13)14/h6-7,9-10,15H,4-5,8H2,1-3H3. The maximum absolute atomic E-state index is 6.08. The van der Waals surface area contributed by atoms with Crippen molar-refractivity contribution in [1.29, 1.82) is 0 Å². The van der Waals surface area contributed by atoms with E-state index in [-0.39, 0.29) is 0 Å². The van der Waals surface area contributed by atoms with Crippen LogP contribution in [0.3, 0.4) is 0 Å². The zero-order valence-electron chi connectivity index (χ0n) is 9.81. The molecule has 1 aromatic carbocycles. The Labute approximate surface area is 97.8 Å². The third kappa shape index (κ3) is 4.57. The number of aryl methyl sites for hydroxylation is 1. The van der Waals surface area contributed by atoms with E-state index in [0.717, 1.165) is 23.2 Å². The van der Waals surface area contributed by atoms with Gasteiger partial charge in [0, 0.05) is 6.54 Å². The van der Waals surface area contributed by atoms with Crippen LogP contribution in [0.4, 0.5) is 5.69 Å². The molecule has 0 aromatic heterocycles. The molecule has 0 radical (unpaired) electrons. The van der Waals surface area contributed by atoms with Gasteiger partial charge in [-0.2, -0.15) is 0 Å². The Bertz CT molecular complexity index is 307. The van der Waals surface area contributed by atoms with Crippen LogP contribution in [0.25, 0.3) is 0 Å². The lowest BCUT2D eigenvalue weighted by Gasteiger charge is -2.10. The second-order valence-corrected chi connectivity index (χ2v) is 4.85. The fourth-order valence-electron chi connectivity index (χ4n) is 1.51. The Morgan fingerprint density at radius 2 is 2.07 bits per heavy atom. The van der Waals surface area contributed by atoms with Crippen LogP contribution < -0.4 is 5.32 Å². The molecule has 0 saturated carbocycles. The normalized spacial score (nSPS) is 10.7. The van der Waals surface area contributed by atoms with Crippen LogP contribution >= 0.6 is 11.6 Å². The highest BCUT2D eigenvalue weighted by molar-refractivity contribution is 6.33. The van der Waals surface area contributed by atoms with Crippen LogP contribution in [0.15, 0.2) is 18.2 Å². The molecule has 1 aromatic rings. The van der Waals surface area contributed by atoms with E-state index < -0.39 is 0 Å². The second kappa shape index (κ2) is 6.02. The van der Waals surface area contributed by atoms with Gasteiger partial charge in [-0.25, -0.2) is 0 Å². The quantitative estimate of drug-likeness (QED) is 0.728. The summed E-state index contributed by atoms with van der Waals surface area (Å²) in [6, 6.07) is 6.07. The van der Waals surface area contributed by atoms with Gasteiger partial charge in [-0.05, 0) is 43.4 Å². The van der Waals surface area contributed by atoms with Gasteiger partial charge >= 0.3 is 0 Å². The van der Waals surface area contributed by atoms with Gasteiger partial charge in [-0.3, -0.25) is 0 Å². The van der Waals surface area contributed by atoms with Gasteiger partial charge in [0.2, 0.25) is 0 Å². The maximum Gasteiger partial charge on any atom is 0.0637 e. The molecule has 0 atom stereocenters. The number of halogens is 1. The highest BCUT2D eigenvalue weighted by atomic mass is 35.5. The Kier molecular flexibility index (Phi) is 4.97. The van der Waals surface area contributed by atoms with E-state index in [1.54, 1.807) is 0 Å². The Morgan fingerprint density at radius 3 is 2.73 bits per heavy atom. The van der Waals surface area contributed by atoms with E-state index in [0.29, 0.717) is 0 Å². The summed E-state index contributed by atoms with van der Waals surface area (Å²) in [7, 11) is 0. The first-order valence-corrected chi connectivity index (χ1v) is 5.97. The van der Waals surface area contributed by atoms with Crippen LogP contribution in [0.1, 0.15) is 32.3 Å². The lowest BCUT2D eigenvalue weighted by molar-refractivity contribution is 0.567. The van der Waals surface area contributed by atoms with E-state index >= 15 is 0 Å². The largest absolute Gasteiger partial charge is 0.384 e. The smallest absolute Gasteiger partial charge is 0.0637 e. The van der Waals surface area contributed by atoms with E-state index in [4.69, 9.17) is 11.6 Å². The highest BCUT2D eigenvalue weighted by Gasteiger charge is 1.99. The molecule has 0 amide bonds. The predicted molar refractivity (Wildman–Crippen MR) is 68.8 cm³/mol. The van der Waals surface area contributed by atoms with E-state index in [2.05, 4.69) is 32.2 Å². The van der Waals surface area contributed by atoms with Crippen molar-refractivity contribution in [1.82, 2.24) is 0 Å². The van der Waals surface area contributed by atoms with Gasteiger partial charge in [0.15, 0.2) is 0 Å². The summed E-state index contributed by atoms with van der Waals surface area (Å²) in [6.45, 7) is 7.58. The highest BCUT2D eigenvalue weighted by Crippen LogP contribution is 2.22. The zero-order chi connectivity index (χ0) is 11.3. The number of anilines is 1. The molecule has 1 rings (SSSR count). The molecule has 84 valence electrons. The minimum absolute atomic E-state index is 0.778. The lowest BCUT2D eigenvalue weighted by Crippen LogP contribution is -2.03. The molecule has 0 fully saturated rings. The average molecular weight is 226 g/mol. The molecule has 0 aliphatic carbocycles. The van der Waals surface area contributed by atoms with E-state index in [1.807, 2.05) is 12.1 Å². The minimum Gasteiger partial charge on any atom is -0.384 e. The summed E-state index contributed by atoms with van der Waals surface area (Å²) in [5, 5.41) is 4.19. The Hall–Kier alpha value is -0.690. The van der Waals surface area contributed by atoms with Crippen molar-refractivity contribution in [3.8, 4) is 0 Å². The number of benzene rings is 1. The fraction of sp³-hybridized carbons (Fsp3) is 0.538. The van der Waals surface area contributed by atoms with Crippen molar-refractivity contribution in [3.63, 3.8) is 0 Å². The van der Waals surface area contributed by atoms with Crippen LogP contribution in [0.5, 0.6) is 0 Å². The van der Waals surface area contributed by atoms with Gasteiger partial charge in [-0.1, -0.05) is 31.5 Å². The summed E-state index contributed by atoms with van der Waals surface area (Å²) in [5.74, 6) is 0.778. The number of hydrogen-bond acceptors (Lipinski definition) is 1. The summed E-state index contributed by atoms with van der Waals surface area (Å²) >= 11 is 6.08. The van der Waals surface area contributed by atoms with Gasteiger partial charge in [0.1, 0.15) is 0 Å². The van der Waals surface area contributed by atoms with Crippen molar-refractivity contribution in [3.05, 3.63) is 28.8 Å². The van der Waals surface area contributed by atoms with Crippen molar-refractivity contribution in [2.75, 3.05) is 11.9 Å². The van der Waals surface area contributed by atoms with Gasteiger partial charge in [0.05, 0.1) is 10.7 Å². The summed E-state index contributed by atoms with van der Waals surface area (Å²) in [4.78, 5) is 0. The van der Waals surface area contributed by atoms with Crippen LogP contribution in [-0.2, 0) is 0 Å². The topological polar surface area (TPSA) is 12.0 Å². The molecule has 0 saturated heterocycles. The molecule has 1 nitrogen and oxygen atoms in total. The fourth-order valence-corrected chi connectivity index (χ4v) is 1.69. The third-order valence-corrected chi connectivity index (χ3v) is 2.73. The van der Waals surface area contributed by atoms with Crippen LogP contribution in [0, 0.1) is 12.8 Å². The third-order valence-electron chi connectivity index (χ3n) is 2.40. The van der Waals surface area contributed by atoms with Crippen molar-refractivity contribution >= 4 is 17.3 Å². The lowest BCUT2D eigenvalue weighted by atomic mass is 10.1. The molecule has 0 bridgehead atoms. The molecule has 0 aliphatic rings. The molecule has 0 unspecified atom stereocenters. The number of nitrogens with one attached hydrogen (secondary N) is 1. The first-order valence-electron chi connectivity index (χ1n) is 5.59. The summed E-state index contributed by atoms with van der Waals surface area (Å²) in [5.41, 5.74) is 2.30. The second-order valence-electron chi connectivity index (χ2n) is 4.45. The Morgan fingerprint density at radius 1 is 1.33 bits per heavy atom. The molecule has 1 N–H and O–H groups in total. The number of hydrogen-bond donors (Lipinski definition) is 1. The number of rotatable bonds is 5. The molecule has 0 spiro atoms. The molecule has 0 heterocycles. The molecule has 15 heavy (non-hydrogen) atoms. The molecule has 2 heteroatoms. The van der Waals surface area contributed by atoms with Crippen molar-refractivity contribution in [2.45, 2.75) is 33.6 Å². The van der Waals surface area contributed by atoms with Gasteiger partial charge in [-0.15, -0.1) is 0 Å². The van der Waals surface area contributed by atoms with Crippen LogP contribution in [0.2, 0.25) is 5.02 Å².